The first-order valence-corrected chi connectivity index (χ1v) is 11.9. The van der Waals surface area contributed by atoms with E-state index in [0.29, 0.717) is 16.9 Å². The maximum Gasteiger partial charge on any atom is 0.253 e. The highest BCUT2D eigenvalue weighted by Crippen LogP contribution is 2.45. The quantitative estimate of drug-likeness (QED) is 0.347. The molecular formula is C27H34FN3O4. The van der Waals surface area contributed by atoms with Crippen LogP contribution in [0.1, 0.15) is 87.1 Å². The largest absolute Gasteiger partial charge is 0.464 e. The Bertz CT molecular complexity index is 1360. The first-order valence-electron chi connectivity index (χ1n) is 11.9. The van der Waals surface area contributed by atoms with Crippen LogP contribution in [0.2, 0.25) is 0 Å². The predicted octanol–water partition coefficient (Wildman–Crippen LogP) is 5.10. The van der Waals surface area contributed by atoms with Crippen LogP contribution in [0, 0.1) is 32.0 Å². The van der Waals surface area contributed by atoms with Gasteiger partial charge in [0, 0.05) is 11.1 Å². The fraction of sp³-hybridized carbons (Fsp3) is 0.481. The summed E-state index contributed by atoms with van der Waals surface area (Å²) in [6, 6.07) is 2.90. The van der Waals surface area contributed by atoms with Gasteiger partial charge in [-0.1, -0.05) is 20.8 Å². The summed E-state index contributed by atoms with van der Waals surface area (Å²) in [5, 5.41) is 19.8. The second kappa shape index (κ2) is 8.31. The molecule has 0 saturated heterocycles. The molecule has 35 heavy (non-hydrogen) atoms. The summed E-state index contributed by atoms with van der Waals surface area (Å²) < 4.78 is 21.1. The van der Waals surface area contributed by atoms with E-state index in [1.165, 1.54) is 6.07 Å². The lowest BCUT2D eigenvalue weighted by atomic mass is 9.80. The Hall–Kier alpha value is -2.97. The van der Waals surface area contributed by atoms with E-state index in [2.05, 4.69) is 16.0 Å². The van der Waals surface area contributed by atoms with Crippen LogP contribution in [-0.4, -0.2) is 5.11 Å². The van der Waals surface area contributed by atoms with Gasteiger partial charge in [0.1, 0.15) is 34.9 Å². The van der Waals surface area contributed by atoms with Crippen molar-refractivity contribution in [3.05, 3.63) is 72.2 Å². The molecule has 1 unspecified atom stereocenters. The number of benzene rings is 1. The van der Waals surface area contributed by atoms with Gasteiger partial charge in [-0.2, -0.15) is 0 Å². The number of fused-ring (bicyclic) bond motifs is 1. The van der Waals surface area contributed by atoms with Gasteiger partial charge in [0.25, 0.3) is 10.9 Å². The Morgan fingerprint density at radius 2 is 1.74 bits per heavy atom. The van der Waals surface area contributed by atoms with Crippen molar-refractivity contribution < 1.29 is 13.9 Å². The van der Waals surface area contributed by atoms with E-state index >= 15 is 4.39 Å². The van der Waals surface area contributed by atoms with Gasteiger partial charge in [0.2, 0.25) is 0 Å². The molecule has 7 nitrogen and oxygen atoms in total. The van der Waals surface area contributed by atoms with Crippen LogP contribution in [0.15, 0.2) is 26.1 Å². The SMILES string of the molecule is CCC(C)(C)[C@@H](Nc1c(Nc2c(F)cc(C)c3c2C(O)NC3(C)C)c(=O)c1=O)c1cc(C)c(C)o1. The summed E-state index contributed by atoms with van der Waals surface area (Å²) in [7, 11) is 0. The van der Waals surface area contributed by atoms with Crippen molar-refractivity contribution in [2.75, 3.05) is 10.6 Å². The summed E-state index contributed by atoms with van der Waals surface area (Å²) in [5.74, 6) is 0.833. The van der Waals surface area contributed by atoms with Gasteiger partial charge in [-0.05, 0) is 75.3 Å². The van der Waals surface area contributed by atoms with Crippen LogP contribution < -0.4 is 26.8 Å². The summed E-state index contributed by atoms with van der Waals surface area (Å²) in [5.41, 5.74) is 0.503. The monoisotopic (exact) mass is 483 g/mol. The number of nitrogens with one attached hydrogen (secondary N) is 3. The molecule has 0 radical (unpaired) electrons. The molecule has 3 aromatic rings. The number of halogens is 1. The van der Waals surface area contributed by atoms with Crippen LogP contribution in [0.4, 0.5) is 21.5 Å². The molecular weight excluding hydrogens is 449 g/mol. The van der Waals surface area contributed by atoms with E-state index in [1.807, 2.05) is 54.5 Å². The number of aryl methyl sites for hydroxylation is 3. The summed E-state index contributed by atoms with van der Waals surface area (Å²) in [6.45, 7) is 15.5. The number of rotatable bonds is 7. The highest BCUT2D eigenvalue weighted by Gasteiger charge is 2.41. The zero-order chi connectivity index (χ0) is 26.0. The number of hydrogen-bond donors (Lipinski definition) is 4. The van der Waals surface area contributed by atoms with E-state index < -0.39 is 34.5 Å². The molecule has 0 amide bonds. The average molecular weight is 484 g/mol. The average Bonchev–Trinajstić information content (AvgIpc) is 3.22. The lowest BCUT2D eigenvalue weighted by Gasteiger charge is -2.34. The molecule has 2 atom stereocenters. The van der Waals surface area contributed by atoms with E-state index in [4.69, 9.17) is 4.42 Å². The molecule has 0 spiro atoms. The van der Waals surface area contributed by atoms with Gasteiger partial charge in [-0.15, -0.1) is 0 Å². The molecule has 4 N–H and O–H groups in total. The predicted molar refractivity (Wildman–Crippen MR) is 136 cm³/mol. The Morgan fingerprint density at radius 1 is 1.11 bits per heavy atom. The molecule has 1 aliphatic rings. The van der Waals surface area contributed by atoms with Crippen LogP contribution in [0.5, 0.6) is 0 Å². The molecule has 188 valence electrons. The third-order valence-electron chi connectivity index (χ3n) is 7.52. The smallest absolute Gasteiger partial charge is 0.253 e. The van der Waals surface area contributed by atoms with Crippen molar-refractivity contribution in [3.63, 3.8) is 0 Å². The first-order chi connectivity index (χ1) is 16.2. The molecule has 0 saturated carbocycles. The van der Waals surface area contributed by atoms with Gasteiger partial charge >= 0.3 is 0 Å². The number of furan rings is 1. The van der Waals surface area contributed by atoms with E-state index in [9.17, 15) is 14.7 Å². The second-order valence-corrected chi connectivity index (χ2v) is 10.9. The van der Waals surface area contributed by atoms with Crippen LogP contribution in [0.3, 0.4) is 0 Å². The summed E-state index contributed by atoms with van der Waals surface area (Å²) in [4.78, 5) is 25.3. The molecule has 0 bridgehead atoms. The molecule has 1 aromatic heterocycles. The van der Waals surface area contributed by atoms with E-state index in [-0.39, 0.29) is 22.5 Å². The number of aliphatic hydroxyl groups is 1. The molecule has 1 aliphatic heterocycles. The van der Waals surface area contributed by atoms with Crippen LogP contribution >= 0.6 is 0 Å². The highest BCUT2D eigenvalue weighted by atomic mass is 19.1. The van der Waals surface area contributed by atoms with Gasteiger partial charge < -0.3 is 20.2 Å². The summed E-state index contributed by atoms with van der Waals surface area (Å²) in [6.07, 6.45) is -0.352. The Balaban J connectivity index is 1.78. The Morgan fingerprint density at radius 3 is 2.31 bits per heavy atom. The minimum absolute atomic E-state index is 0.0117. The molecule has 0 aliphatic carbocycles. The molecule has 2 aromatic carbocycles. The lowest BCUT2D eigenvalue weighted by molar-refractivity contribution is 0.125. The first kappa shape index (κ1) is 25.1. The Kier molecular flexibility index (Phi) is 5.97. The molecule has 2 heterocycles. The van der Waals surface area contributed by atoms with Crippen molar-refractivity contribution in [1.29, 1.82) is 0 Å². The van der Waals surface area contributed by atoms with Crippen LogP contribution in [-0.2, 0) is 5.54 Å². The zero-order valence-electron chi connectivity index (χ0n) is 21.6. The van der Waals surface area contributed by atoms with E-state index in [1.54, 1.807) is 6.92 Å². The van der Waals surface area contributed by atoms with Gasteiger partial charge in [-0.25, -0.2) is 4.39 Å². The Labute approximate surface area is 204 Å². The summed E-state index contributed by atoms with van der Waals surface area (Å²) >= 11 is 0. The maximum atomic E-state index is 15.2. The van der Waals surface area contributed by atoms with Gasteiger partial charge in [-0.3, -0.25) is 14.9 Å². The zero-order valence-corrected chi connectivity index (χ0v) is 21.6. The van der Waals surface area contributed by atoms with Gasteiger partial charge in [0.15, 0.2) is 0 Å². The molecule has 8 heteroatoms. The van der Waals surface area contributed by atoms with Crippen molar-refractivity contribution >= 4 is 17.1 Å². The second-order valence-electron chi connectivity index (χ2n) is 10.9. The number of anilines is 3. The third-order valence-corrected chi connectivity index (χ3v) is 7.52. The van der Waals surface area contributed by atoms with Crippen molar-refractivity contribution in [3.8, 4) is 0 Å². The lowest BCUT2D eigenvalue weighted by Crippen LogP contribution is -2.40. The fourth-order valence-corrected chi connectivity index (χ4v) is 5.03. The minimum Gasteiger partial charge on any atom is -0.464 e. The standard InChI is InChI=1S/C27H34FN3O4/c1-9-26(5,6)24(16-11-12(2)14(4)35-16)30-21-20(22(32)23(21)33)29-19-15(28)10-13(3)18-17(19)25(34)31-27(18,7)8/h10-11,24-25,29-31,34H,9H2,1-8H3/t24-,25?/m0/s1. The fourth-order valence-electron chi connectivity index (χ4n) is 5.03. The molecule has 0 fully saturated rings. The normalized spacial score (nSPS) is 18.1. The van der Waals surface area contributed by atoms with Crippen molar-refractivity contribution in [1.82, 2.24) is 5.32 Å². The third kappa shape index (κ3) is 3.98. The van der Waals surface area contributed by atoms with Crippen LogP contribution in [0.25, 0.3) is 0 Å². The minimum atomic E-state index is -1.12. The maximum absolute atomic E-state index is 15.2. The topological polar surface area (TPSA) is 104 Å². The molecule has 4 rings (SSSR count). The number of hydrogen-bond acceptors (Lipinski definition) is 7. The number of aliphatic hydroxyl groups excluding tert-OH is 1. The van der Waals surface area contributed by atoms with Gasteiger partial charge in [0.05, 0.1) is 11.7 Å². The van der Waals surface area contributed by atoms with Crippen molar-refractivity contribution in [2.24, 2.45) is 5.41 Å². The van der Waals surface area contributed by atoms with Crippen molar-refractivity contribution in [2.45, 2.75) is 79.6 Å². The highest BCUT2D eigenvalue weighted by molar-refractivity contribution is 5.81. The van der Waals surface area contributed by atoms with E-state index in [0.717, 1.165) is 23.3 Å².